The maximum absolute atomic E-state index is 12.5. The molecule has 2 unspecified atom stereocenters. The summed E-state index contributed by atoms with van der Waals surface area (Å²) in [6.45, 7) is 4.25. The molecule has 0 spiro atoms. The summed E-state index contributed by atoms with van der Waals surface area (Å²) < 4.78 is 0. The first-order chi connectivity index (χ1) is 14.8. The summed E-state index contributed by atoms with van der Waals surface area (Å²) in [5.41, 5.74) is 1.60. The van der Waals surface area contributed by atoms with Gasteiger partial charge in [-0.15, -0.1) is 0 Å². The largest absolute Gasteiger partial charge is 0.481 e. The third kappa shape index (κ3) is 7.62. The molecule has 0 aliphatic carbocycles. The van der Waals surface area contributed by atoms with E-state index in [4.69, 9.17) is 0 Å². The molecule has 0 bridgehead atoms. The van der Waals surface area contributed by atoms with Gasteiger partial charge in [0.15, 0.2) is 0 Å². The zero-order valence-electron chi connectivity index (χ0n) is 18.8. The number of Topliss-reactive ketones (excluding diaryl/α,β-unsaturated/α-hetero) is 1. The maximum Gasteiger partial charge on any atom is 0.304 e. The molecule has 2 aromatic rings. The quantitative estimate of drug-likeness (QED) is 0.410. The van der Waals surface area contributed by atoms with Crippen molar-refractivity contribution in [1.29, 1.82) is 0 Å². The first kappa shape index (κ1) is 24.8. The van der Waals surface area contributed by atoms with E-state index >= 15 is 0 Å². The number of hydrogen-bond acceptors (Lipinski definition) is 3. The lowest BCUT2D eigenvalue weighted by atomic mass is 9.75. The van der Waals surface area contributed by atoms with E-state index in [9.17, 15) is 19.8 Å². The summed E-state index contributed by atoms with van der Waals surface area (Å²) in [6.07, 6.45) is 4.72. The predicted octanol–water partition coefficient (Wildman–Crippen LogP) is 5.67. The van der Waals surface area contributed by atoms with Crippen LogP contribution in [0.5, 0.6) is 0 Å². The van der Waals surface area contributed by atoms with Crippen molar-refractivity contribution in [2.24, 2.45) is 0 Å². The first-order valence-corrected chi connectivity index (χ1v) is 11.2. The predicted molar refractivity (Wildman–Crippen MR) is 124 cm³/mol. The van der Waals surface area contributed by atoms with E-state index in [1.54, 1.807) is 0 Å². The van der Waals surface area contributed by atoms with Crippen LogP contribution in [0.25, 0.3) is 0 Å². The molecule has 0 fully saturated rings. The van der Waals surface area contributed by atoms with Crippen LogP contribution < -0.4 is 0 Å². The van der Waals surface area contributed by atoms with Gasteiger partial charge in [-0.05, 0) is 48.6 Å². The molecule has 0 saturated heterocycles. The van der Waals surface area contributed by atoms with E-state index in [0.717, 1.165) is 18.4 Å². The number of aliphatic hydroxyl groups excluding tert-OH is 1. The molecule has 0 aliphatic rings. The Balaban J connectivity index is 1.86. The number of hydrogen-bond donors (Lipinski definition) is 2. The fourth-order valence-corrected chi connectivity index (χ4v) is 4.49. The molecule has 0 heterocycles. The molecule has 0 aliphatic heterocycles. The fraction of sp³-hybridized carbons (Fsp3) is 0.481. The van der Waals surface area contributed by atoms with E-state index in [-0.39, 0.29) is 24.2 Å². The van der Waals surface area contributed by atoms with Crippen LogP contribution in [0, 0.1) is 0 Å². The lowest BCUT2D eigenvalue weighted by Gasteiger charge is -2.30. The van der Waals surface area contributed by atoms with Gasteiger partial charge in [-0.1, -0.05) is 74.5 Å². The molecule has 0 amide bonds. The van der Waals surface area contributed by atoms with Crippen molar-refractivity contribution in [1.82, 2.24) is 0 Å². The molecule has 31 heavy (non-hydrogen) atoms. The maximum atomic E-state index is 12.5. The van der Waals surface area contributed by atoms with Crippen molar-refractivity contribution in [3.63, 3.8) is 0 Å². The summed E-state index contributed by atoms with van der Waals surface area (Å²) in [6, 6.07) is 19.9. The highest BCUT2D eigenvalue weighted by Crippen LogP contribution is 2.34. The van der Waals surface area contributed by atoms with Crippen LogP contribution in [-0.2, 0) is 20.4 Å². The van der Waals surface area contributed by atoms with E-state index < -0.39 is 11.4 Å². The lowest BCUT2D eigenvalue weighted by Crippen LogP contribution is -2.26. The van der Waals surface area contributed by atoms with Crippen molar-refractivity contribution >= 4 is 11.8 Å². The van der Waals surface area contributed by atoms with Gasteiger partial charge in [0, 0.05) is 24.9 Å². The molecule has 2 atom stereocenters. The summed E-state index contributed by atoms with van der Waals surface area (Å²) in [7, 11) is 0. The number of rotatable bonds is 14. The van der Waals surface area contributed by atoms with Gasteiger partial charge in [0.2, 0.25) is 0 Å². The fourth-order valence-electron chi connectivity index (χ4n) is 4.49. The molecular formula is C27H36O4. The first-order valence-electron chi connectivity index (χ1n) is 11.2. The van der Waals surface area contributed by atoms with Gasteiger partial charge in [0.1, 0.15) is 5.78 Å². The highest BCUT2D eigenvalue weighted by Gasteiger charge is 2.29. The Hall–Kier alpha value is -2.46. The topological polar surface area (TPSA) is 74.6 Å². The van der Waals surface area contributed by atoms with Crippen LogP contribution in [0.4, 0.5) is 0 Å². The van der Waals surface area contributed by atoms with Crippen LogP contribution in [0.2, 0.25) is 0 Å². The normalized spacial score (nSPS) is 15.1. The van der Waals surface area contributed by atoms with E-state index in [2.05, 4.69) is 19.1 Å². The van der Waals surface area contributed by atoms with E-state index in [1.165, 1.54) is 5.56 Å². The second kappa shape index (κ2) is 11.8. The Morgan fingerprint density at radius 1 is 0.742 bits per heavy atom. The Bertz CT molecular complexity index is 818. The summed E-state index contributed by atoms with van der Waals surface area (Å²) in [5, 5.41) is 18.9. The van der Waals surface area contributed by atoms with E-state index in [0.29, 0.717) is 32.1 Å². The Morgan fingerprint density at radius 3 is 1.65 bits per heavy atom. The number of ketones is 1. The number of aliphatic hydroxyl groups is 1. The van der Waals surface area contributed by atoms with Crippen molar-refractivity contribution in [2.75, 3.05) is 6.61 Å². The van der Waals surface area contributed by atoms with Gasteiger partial charge in [0.25, 0.3) is 0 Å². The summed E-state index contributed by atoms with van der Waals surface area (Å²) in [4.78, 5) is 23.9. The summed E-state index contributed by atoms with van der Waals surface area (Å²) in [5.74, 6) is -0.591. The van der Waals surface area contributed by atoms with Gasteiger partial charge in [0.05, 0.1) is 6.42 Å². The minimum Gasteiger partial charge on any atom is -0.481 e. The lowest BCUT2D eigenvalue weighted by molar-refractivity contribution is -0.138. The third-order valence-corrected chi connectivity index (χ3v) is 6.51. The smallest absolute Gasteiger partial charge is 0.304 e. The molecule has 2 N–H and O–H groups in total. The molecule has 2 aromatic carbocycles. The monoisotopic (exact) mass is 424 g/mol. The summed E-state index contributed by atoms with van der Waals surface area (Å²) >= 11 is 0. The molecule has 0 aromatic heterocycles. The molecular weight excluding hydrogens is 388 g/mol. The van der Waals surface area contributed by atoms with Crippen LogP contribution in [0.1, 0.15) is 76.3 Å². The van der Waals surface area contributed by atoms with E-state index in [1.807, 2.05) is 55.5 Å². The molecule has 4 nitrogen and oxygen atoms in total. The van der Waals surface area contributed by atoms with Crippen molar-refractivity contribution in [3.05, 3.63) is 71.8 Å². The second-order valence-corrected chi connectivity index (χ2v) is 9.14. The molecule has 0 saturated carbocycles. The van der Waals surface area contributed by atoms with Gasteiger partial charge < -0.3 is 10.2 Å². The van der Waals surface area contributed by atoms with Gasteiger partial charge in [-0.2, -0.15) is 0 Å². The molecule has 4 heteroatoms. The van der Waals surface area contributed by atoms with Crippen LogP contribution >= 0.6 is 0 Å². The molecule has 168 valence electrons. The number of carboxylic acids is 1. The standard InChI is InChI=1S/C27H36O4/c1-26(19-20-28,22-11-5-3-6-12-22)17-9-15-24(29)16-10-18-27(2,21-25(30)31)23-13-7-4-8-14-23/h3-8,11-14,28H,9-10,15-21H2,1-2H3,(H,30,31). The molecule has 2 rings (SSSR count). The minimum atomic E-state index is -0.818. The number of benzene rings is 2. The third-order valence-electron chi connectivity index (χ3n) is 6.51. The minimum absolute atomic E-state index is 0.0573. The average molecular weight is 425 g/mol. The van der Waals surface area contributed by atoms with Gasteiger partial charge in [-0.3, -0.25) is 9.59 Å². The van der Waals surface area contributed by atoms with Crippen molar-refractivity contribution in [3.8, 4) is 0 Å². The van der Waals surface area contributed by atoms with Crippen LogP contribution in [-0.4, -0.2) is 28.6 Å². The van der Waals surface area contributed by atoms with Crippen molar-refractivity contribution < 1.29 is 19.8 Å². The number of carbonyl (C=O) groups is 2. The second-order valence-electron chi connectivity index (χ2n) is 9.14. The zero-order valence-corrected chi connectivity index (χ0v) is 18.8. The van der Waals surface area contributed by atoms with Crippen LogP contribution in [0.3, 0.4) is 0 Å². The number of aliphatic carboxylic acids is 1. The zero-order chi connectivity index (χ0) is 22.7. The Kier molecular flexibility index (Phi) is 9.44. The number of carbonyl (C=O) groups excluding carboxylic acids is 1. The Labute approximate surface area is 186 Å². The van der Waals surface area contributed by atoms with Gasteiger partial charge in [-0.25, -0.2) is 0 Å². The Morgan fingerprint density at radius 2 is 1.19 bits per heavy atom. The van der Waals surface area contributed by atoms with Crippen molar-refractivity contribution in [2.45, 2.75) is 76.0 Å². The van der Waals surface area contributed by atoms with Crippen LogP contribution in [0.15, 0.2) is 60.7 Å². The number of carboxylic acid groups (broad SMARTS) is 1. The van der Waals surface area contributed by atoms with Gasteiger partial charge >= 0.3 is 5.97 Å². The molecule has 0 radical (unpaired) electrons. The highest BCUT2D eigenvalue weighted by atomic mass is 16.4. The average Bonchev–Trinajstić information content (AvgIpc) is 2.75. The SMILES string of the molecule is CC(CCO)(CCCC(=O)CCCC(C)(CC(=O)O)c1ccccc1)c1ccccc1. The highest BCUT2D eigenvalue weighted by molar-refractivity contribution is 5.78.